The van der Waals surface area contributed by atoms with Crippen LogP contribution in [-0.2, 0) is 0 Å². The molecule has 1 aromatic carbocycles. The molecule has 3 rings (SSSR count). The van der Waals surface area contributed by atoms with E-state index >= 15 is 0 Å². The van der Waals surface area contributed by atoms with Gasteiger partial charge >= 0.3 is 0 Å². The van der Waals surface area contributed by atoms with Gasteiger partial charge in [0.1, 0.15) is 11.6 Å². The van der Waals surface area contributed by atoms with Gasteiger partial charge in [-0.1, -0.05) is 13.0 Å². The van der Waals surface area contributed by atoms with Gasteiger partial charge in [-0.05, 0) is 49.5 Å². The molecule has 1 aliphatic rings. The fourth-order valence-corrected chi connectivity index (χ4v) is 3.17. The van der Waals surface area contributed by atoms with Crippen LogP contribution >= 0.6 is 0 Å². The zero-order chi connectivity index (χ0) is 14.7. The molecule has 1 N–H and O–H groups in total. The summed E-state index contributed by atoms with van der Waals surface area (Å²) in [5.74, 6) is 1.82. The number of likely N-dealkylation sites (N-methyl/N-ethyl adjacent to an activating group) is 1. The fraction of sp³-hybridized carbons (Fsp3) is 0.471. The quantitative estimate of drug-likeness (QED) is 0.916. The molecule has 0 radical (unpaired) electrons. The van der Waals surface area contributed by atoms with Crippen molar-refractivity contribution < 1.29 is 4.74 Å². The number of rotatable bonds is 5. The van der Waals surface area contributed by atoms with Gasteiger partial charge in [-0.15, -0.1) is 0 Å². The van der Waals surface area contributed by atoms with Crippen LogP contribution in [0.2, 0.25) is 0 Å². The van der Waals surface area contributed by atoms with Crippen molar-refractivity contribution in [3.05, 3.63) is 30.5 Å². The monoisotopic (exact) mass is 285 g/mol. The Bertz CT molecular complexity index is 614. The van der Waals surface area contributed by atoms with E-state index in [1.165, 1.54) is 24.8 Å². The number of hydrogen-bond donors (Lipinski definition) is 1. The first-order chi connectivity index (χ1) is 10.3. The van der Waals surface area contributed by atoms with E-state index in [2.05, 4.69) is 34.3 Å². The number of nitrogens with zero attached hydrogens (tertiary/aromatic N) is 2. The molecule has 0 aliphatic carbocycles. The van der Waals surface area contributed by atoms with E-state index < -0.39 is 0 Å². The van der Waals surface area contributed by atoms with Crippen LogP contribution in [0.25, 0.3) is 10.8 Å². The number of anilines is 1. The predicted octanol–water partition coefficient (Wildman–Crippen LogP) is 3.14. The van der Waals surface area contributed by atoms with Gasteiger partial charge in [-0.2, -0.15) is 0 Å². The molecule has 0 spiro atoms. The van der Waals surface area contributed by atoms with Gasteiger partial charge in [0.25, 0.3) is 0 Å². The largest absolute Gasteiger partial charge is 0.497 e. The normalized spacial score (nSPS) is 19.0. The maximum absolute atomic E-state index is 5.33. The van der Waals surface area contributed by atoms with E-state index in [9.17, 15) is 0 Å². The van der Waals surface area contributed by atoms with Crippen molar-refractivity contribution >= 4 is 16.6 Å². The van der Waals surface area contributed by atoms with Crippen molar-refractivity contribution in [2.24, 2.45) is 0 Å². The summed E-state index contributed by atoms with van der Waals surface area (Å²) in [6.07, 6.45) is 4.44. The third kappa shape index (κ3) is 2.95. The second kappa shape index (κ2) is 6.31. The number of pyridine rings is 1. The summed E-state index contributed by atoms with van der Waals surface area (Å²) in [6, 6.07) is 8.78. The SMILES string of the molecule is CCN1CCCC1CNc1nccc2ccc(OC)cc12. The lowest BCUT2D eigenvalue weighted by atomic mass is 10.1. The van der Waals surface area contributed by atoms with E-state index in [0.717, 1.165) is 30.0 Å². The molecule has 0 amide bonds. The highest BCUT2D eigenvalue weighted by Gasteiger charge is 2.22. The predicted molar refractivity (Wildman–Crippen MR) is 87.1 cm³/mol. The highest BCUT2D eigenvalue weighted by atomic mass is 16.5. The van der Waals surface area contributed by atoms with Gasteiger partial charge in [-0.25, -0.2) is 4.98 Å². The average molecular weight is 285 g/mol. The molecule has 0 saturated carbocycles. The molecule has 1 aromatic heterocycles. The zero-order valence-electron chi connectivity index (χ0n) is 12.8. The second-order valence-electron chi connectivity index (χ2n) is 5.55. The topological polar surface area (TPSA) is 37.4 Å². The van der Waals surface area contributed by atoms with Crippen LogP contribution in [0.5, 0.6) is 5.75 Å². The molecular formula is C17H23N3O. The van der Waals surface area contributed by atoms with E-state index in [1.807, 2.05) is 18.3 Å². The number of fused-ring (bicyclic) bond motifs is 1. The van der Waals surface area contributed by atoms with Crippen molar-refractivity contribution in [2.75, 3.05) is 32.1 Å². The molecule has 1 atom stereocenters. The summed E-state index contributed by atoms with van der Waals surface area (Å²) in [6.45, 7) is 5.54. The third-order valence-electron chi connectivity index (χ3n) is 4.38. The number of aromatic nitrogens is 1. The van der Waals surface area contributed by atoms with Crippen LogP contribution in [0.3, 0.4) is 0 Å². The number of benzene rings is 1. The molecule has 1 unspecified atom stereocenters. The summed E-state index contributed by atoms with van der Waals surface area (Å²) >= 11 is 0. The Morgan fingerprint density at radius 1 is 1.38 bits per heavy atom. The molecule has 2 heterocycles. The molecule has 1 saturated heterocycles. The van der Waals surface area contributed by atoms with E-state index in [4.69, 9.17) is 4.74 Å². The first kappa shape index (κ1) is 14.1. The first-order valence-corrected chi connectivity index (χ1v) is 7.72. The number of nitrogens with one attached hydrogen (secondary N) is 1. The maximum atomic E-state index is 5.33. The Balaban J connectivity index is 1.80. The molecule has 0 bridgehead atoms. The van der Waals surface area contributed by atoms with Crippen LogP contribution in [0.4, 0.5) is 5.82 Å². The number of methoxy groups -OCH3 is 1. The summed E-state index contributed by atoms with van der Waals surface area (Å²) in [5.41, 5.74) is 0. The minimum Gasteiger partial charge on any atom is -0.497 e. The molecule has 112 valence electrons. The number of likely N-dealkylation sites (tertiary alicyclic amines) is 1. The van der Waals surface area contributed by atoms with Gasteiger partial charge in [0.2, 0.25) is 0 Å². The first-order valence-electron chi connectivity index (χ1n) is 7.72. The minimum atomic E-state index is 0.623. The van der Waals surface area contributed by atoms with Crippen LogP contribution in [0.1, 0.15) is 19.8 Å². The van der Waals surface area contributed by atoms with Crippen LogP contribution < -0.4 is 10.1 Å². The maximum Gasteiger partial charge on any atom is 0.134 e. The zero-order valence-corrected chi connectivity index (χ0v) is 12.8. The second-order valence-corrected chi connectivity index (χ2v) is 5.55. The number of hydrogen-bond acceptors (Lipinski definition) is 4. The lowest BCUT2D eigenvalue weighted by Gasteiger charge is -2.23. The highest BCUT2D eigenvalue weighted by molar-refractivity contribution is 5.92. The van der Waals surface area contributed by atoms with E-state index in [-0.39, 0.29) is 0 Å². The molecular weight excluding hydrogens is 262 g/mol. The molecule has 4 nitrogen and oxygen atoms in total. The van der Waals surface area contributed by atoms with E-state index in [1.54, 1.807) is 7.11 Å². The van der Waals surface area contributed by atoms with Crippen molar-refractivity contribution in [3.8, 4) is 5.75 Å². The number of ether oxygens (including phenoxy) is 1. The average Bonchev–Trinajstić information content (AvgIpc) is 2.99. The lowest BCUT2D eigenvalue weighted by Crippen LogP contribution is -2.34. The van der Waals surface area contributed by atoms with Crippen molar-refractivity contribution in [3.63, 3.8) is 0 Å². The standard InChI is InChI=1S/C17H23N3O/c1-3-20-10-4-5-14(20)12-19-17-16-11-15(21-2)7-6-13(16)8-9-18-17/h6-9,11,14H,3-5,10,12H2,1-2H3,(H,18,19). The molecule has 2 aromatic rings. The summed E-state index contributed by atoms with van der Waals surface area (Å²) in [7, 11) is 1.70. The molecule has 21 heavy (non-hydrogen) atoms. The van der Waals surface area contributed by atoms with Crippen LogP contribution in [0, 0.1) is 0 Å². The highest BCUT2D eigenvalue weighted by Crippen LogP contribution is 2.26. The Hall–Kier alpha value is -1.81. The molecule has 1 aliphatic heterocycles. The summed E-state index contributed by atoms with van der Waals surface area (Å²) in [4.78, 5) is 7.05. The van der Waals surface area contributed by atoms with Crippen LogP contribution in [0.15, 0.2) is 30.5 Å². The van der Waals surface area contributed by atoms with Crippen molar-refractivity contribution in [1.29, 1.82) is 0 Å². The van der Waals surface area contributed by atoms with Crippen LogP contribution in [-0.4, -0.2) is 42.7 Å². The molecule has 1 fully saturated rings. The van der Waals surface area contributed by atoms with Crippen molar-refractivity contribution in [2.45, 2.75) is 25.8 Å². The van der Waals surface area contributed by atoms with Gasteiger partial charge < -0.3 is 10.1 Å². The smallest absolute Gasteiger partial charge is 0.134 e. The van der Waals surface area contributed by atoms with Gasteiger partial charge in [0, 0.05) is 24.2 Å². The fourth-order valence-electron chi connectivity index (χ4n) is 3.17. The Labute approximate surface area is 126 Å². The van der Waals surface area contributed by atoms with Gasteiger partial charge in [-0.3, -0.25) is 4.90 Å². The summed E-state index contributed by atoms with van der Waals surface area (Å²) in [5, 5.41) is 5.85. The van der Waals surface area contributed by atoms with Gasteiger partial charge in [0.15, 0.2) is 0 Å². The molecule has 4 heteroatoms. The Morgan fingerprint density at radius 3 is 3.10 bits per heavy atom. The third-order valence-corrected chi connectivity index (χ3v) is 4.38. The summed E-state index contributed by atoms with van der Waals surface area (Å²) < 4.78 is 5.33. The Kier molecular flexibility index (Phi) is 4.25. The minimum absolute atomic E-state index is 0.623. The van der Waals surface area contributed by atoms with Gasteiger partial charge in [0.05, 0.1) is 7.11 Å². The van der Waals surface area contributed by atoms with Crippen molar-refractivity contribution in [1.82, 2.24) is 9.88 Å². The lowest BCUT2D eigenvalue weighted by molar-refractivity contribution is 0.277. The Morgan fingerprint density at radius 2 is 2.29 bits per heavy atom. The van der Waals surface area contributed by atoms with E-state index in [0.29, 0.717) is 6.04 Å².